The second-order valence-electron chi connectivity index (χ2n) is 9.60. The Morgan fingerprint density at radius 1 is 0.871 bits per heavy atom. The van der Waals surface area contributed by atoms with Gasteiger partial charge in [0.15, 0.2) is 0 Å². The molecule has 2 aromatic rings. The maximum absolute atomic E-state index is 12.9. The molecule has 0 spiro atoms. The zero-order valence-electron chi connectivity index (χ0n) is 19.6. The zero-order valence-corrected chi connectivity index (χ0v) is 19.6. The third kappa shape index (κ3) is 6.33. The summed E-state index contributed by atoms with van der Waals surface area (Å²) in [5.74, 6) is 0.755. The molecule has 3 N–H and O–H groups in total. The van der Waals surface area contributed by atoms with Crippen molar-refractivity contribution >= 4 is 17.3 Å². The van der Waals surface area contributed by atoms with E-state index in [1.807, 2.05) is 6.07 Å². The highest BCUT2D eigenvalue weighted by atomic mass is 16.1. The summed E-state index contributed by atoms with van der Waals surface area (Å²) in [5.41, 5.74) is 4.57. The van der Waals surface area contributed by atoms with Crippen molar-refractivity contribution in [2.24, 2.45) is 0 Å². The molecule has 4 heteroatoms. The summed E-state index contributed by atoms with van der Waals surface area (Å²) < 4.78 is 0. The average molecular weight is 422 g/mol. The number of carbonyl (C=O) groups is 1. The molecule has 0 unspecified atom stereocenters. The Morgan fingerprint density at radius 2 is 1.48 bits per heavy atom. The van der Waals surface area contributed by atoms with Crippen LogP contribution >= 0.6 is 0 Å². The van der Waals surface area contributed by atoms with Crippen LogP contribution in [0.3, 0.4) is 0 Å². The minimum atomic E-state index is 0.0127. The van der Waals surface area contributed by atoms with Crippen LogP contribution in [0, 0.1) is 0 Å². The number of carbonyl (C=O) groups excluding carboxylic acids is 1. The summed E-state index contributed by atoms with van der Waals surface area (Å²) in [6, 6.07) is 16.8. The fraction of sp³-hybridized carbons (Fsp3) is 0.519. The summed E-state index contributed by atoms with van der Waals surface area (Å²) in [6.45, 7) is 9.82. The highest BCUT2D eigenvalue weighted by Crippen LogP contribution is 2.33. The Kier molecular flexibility index (Phi) is 8.14. The highest BCUT2D eigenvalue weighted by molar-refractivity contribution is 5.94. The lowest BCUT2D eigenvalue weighted by Crippen LogP contribution is -2.50. The molecule has 3 rings (SSSR count). The SMILES string of the molecule is CC(C)c1cccc(C(C)C)c1NC(=O)CNCC1(Nc2ccccc2)CCCCC1. The fourth-order valence-electron chi connectivity index (χ4n) is 4.70. The lowest BCUT2D eigenvalue weighted by Gasteiger charge is -2.39. The number of benzene rings is 2. The van der Waals surface area contributed by atoms with Crippen molar-refractivity contribution in [1.29, 1.82) is 0 Å². The summed E-state index contributed by atoms with van der Waals surface area (Å²) in [4.78, 5) is 12.9. The fourth-order valence-corrected chi connectivity index (χ4v) is 4.70. The molecule has 1 amide bonds. The van der Waals surface area contributed by atoms with Crippen LogP contribution in [0.25, 0.3) is 0 Å². The van der Waals surface area contributed by atoms with Crippen LogP contribution in [-0.4, -0.2) is 24.5 Å². The van der Waals surface area contributed by atoms with E-state index in [1.165, 1.54) is 30.4 Å². The number of rotatable bonds is 9. The van der Waals surface area contributed by atoms with E-state index in [9.17, 15) is 4.79 Å². The number of hydrogen-bond acceptors (Lipinski definition) is 3. The van der Waals surface area contributed by atoms with Gasteiger partial charge in [-0.15, -0.1) is 0 Å². The first-order valence-corrected chi connectivity index (χ1v) is 11.9. The molecule has 0 aromatic heterocycles. The van der Waals surface area contributed by atoms with Crippen molar-refractivity contribution in [3.8, 4) is 0 Å². The van der Waals surface area contributed by atoms with Crippen LogP contribution in [0.2, 0.25) is 0 Å². The first-order valence-electron chi connectivity index (χ1n) is 11.9. The third-order valence-electron chi connectivity index (χ3n) is 6.38. The minimum Gasteiger partial charge on any atom is -0.378 e. The van der Waals surface area contributed by atoms with Gasteiger partial charge in [0.25, 0.3) is 0 Å². The van der Waals surface area contributed by atoms with Crippen LogP contribution < -0.4 is 16.0 Å². The molecule has 168 valence electrons. The Balaban J connectivity index is 1.64. The summed E-state index contributed by atoms with van der Waals surface area (Å²) >= 11 is 0. The van der Waals surface area contributed by atoms with Crippen LogP contribution in [0.5, 0.6) is 0 Å². The number of para-hydroxylation sites is 2. The molecule has 0 heterocycles. The van der Waals surface area contributed by atoms with Crippen LogP contribution in [0.1, 0.15) is 82.8 Å². The molecule has 2 aromatic carbocycles. The number of amides is 1. The van der Waals surface area contributed by atoms with Gasteiger partial charge in [-0.3, -0.25) is 4.79 Å². The van der Waals surface area contributed by atoms with Gasteiger partial charge in [-0.2, -0.15) is 0 Å². The van der Waals surface area contributed by atoms with Crippen LogP contribution in [0.4, 0.5) is 11.4 Å². The molecule has 1 aliphatic rings. The van der Waals surface area contributed by atoms with E-state index in [2.05, 4.69) is 86.1 Å². The predicted octanol–water partition coefficient (Wildman–Crippen LogP) is 6.28. The molecule has 0 atom stereocenters. The lowest BCUT2D eigenvalue weighted by molar-refractivity contribution is -0.115. The Bertz CT molecular complexity index is 813. The van der Waals surface area contributed by atoms with Gasteiger partial charge < -0.3 is 16.0 Å². The van der Waals surface area contributed by atoms with E-state index >= 15 is 0 Å². The number of hydrogen-bond donors (Lipinski definition) is 3. The molecule has 0 saturated heterocycles. The molecule has 1 fully saturated rings. The second-order valence-corrected chi connectivity index (χ2v) is 9.60. The highest BCUT2D eigenvalue weighted by Gasteiger charge is 2.31. The summed E-state index contributed by atoms with van der Waals surface area (Å²) in [7, 11) is 0. The zero-order chi connectivity index (χ0) is 22.3. The Morgan fingerprint density at radius 3 is 2.06 bits per heavy atom. The van der Waals surface area contributed by atoms with Gasteiger partial charge in [0.05, 0.1) is 6.54 Å². The molecule has 0 bridgehead atoms. The van der Waals surface area contributed by atoms with Gasteiger partial charge in [0.2, 0.25) is 5.91 Å². The Labute approximate surface area is 188 Å². The van der Waals surface area contributed by atoms with Gasteiger partial charge in [-0.25, -0.2) is 0 Å². The molecule has 31 heavy (non-hydrogen) atoms. The Hall–Kier alpha value is -2.33. The van der Waals surface area contributed by atoms with Crippen molar-refractivity contribution in [3.05, 3.63) is 59.7 Å². The standard InChI is InChI=1S/C27H39N3O/c1-20(2)23-14-11-15-24(21(3)4)26(23)29-25(31)18-28-19-27(16-9-6-10-17-27)30-22-12-7-5-8-13-22/h5,7-8,11-15,20-21,28,30H,6,9-10,16-19H2,1-4H3,(H,29,31). The van der Waals surface area contributed by atoms with Crippen molar-refractivity contribution in [2.45, 2.75) is 77.2 Å². The molecule has 0 aliphatic heterocycles. The van der Waals surface area contributed by atoms with Crippen LogP contribution in [0.15, 0.2) is 48.5 Å². The molecule has 1 aliphatic carbocycles. The van der Waals surface area contributed by atoms with E-state index < -0.39 is 0 Å². The maximum Gasteiger partial charge on any atom is 0.238 e. The van der Waals surface area contributed by atoms with E-state index in [1.54, 1.807) is 0 Å². The van der Waals surface area contributed by atoms with Crippen molar-refractivity contribution < 1.29 is 4.79 Å². The monoisotopic (exact) mass is 421 g/mol. The minimum absolute atomic E-state index is 0.0127. The van der Waals surface area contributed by atoms with Crippen molar-refractivity contribution in [2.75, 3.05) is 23.7 Å². The van der Waals surface area contributed by atoms with E-state index in [0.717, 1.165) is 30.8 Å². The van der Waals surface area contributed by atoms with E-state index in [0.29, 0.717) is 18.4 Å². The summed E-state index contributed by atoms with van der Waals surface area (Å²) in [5, 5.41) is 10.5. The van der Waals surface area contributed by atoms with Crippen molar-refractivity contribution in [3.63, 3.8) is 0 Å². The lowest BCUT2D eigenvalue weighted by atomic mass is 9.81. The normalized spacial score (nSPS) is 15.8. The smallest absolute Gasteiger partial charge is 0.238 e. The maximum atomic E-state index is 12.9. The van der Waals surface area contributed by atoms with Gasteiger partial charge in [0.1, 0.15) is 0 Å². The van der Waals surface area contributed by atoms with E-state index in [-0.39, 0.29) is 11.4 Å². The van der Waals surface area contributed by atoms with Gasteiger partial charge in [-0.1, -0.05) is 83.4 Å². The topological polar surface area (TPSA) is 53.2 Å². The molecule has 0 radical (unpaired) electrons. The third-order valence-corrected chi connectivity index (χ3v) is 6.38. The average Bonchev–Trinajstić information content (AvgIpc) is 2.75. The van der Waals surface area contributed by atoms with E-state index in [4.69, 9.17) is 0 Å². The van der Waals surface area contributed by atoms with Gasteiger partial charge in [-0.05, 0) is 47.9 Å². The molecule has 4 nitrogen and oxygen atoms in total. The van der Waals surface area contributed by atoms with Crippen molar-refractivity contribution in [1.82, 2.24) is 5.32 Å². The molecular formula is C27H39N3O. The first-order chi connectivity index (χ1) is 14.9. The predicted molar refractivity (Wildman–Crippen MR) is 132 cm³/mol. The number of nitrogens with one attached hydrogen (secondary N) is 3. The quantitative estimate of drug-likeness (QED) is 0.447. The van der Waals surface area contributed by atoms with Gasteiger partial charge in [0, 0.05) is 23.5 Å². The number of anilines is 2. The molecular weight excluding hydrogens is 382 g/mol. The van der Waals surface area contributed by atoms with Gasteiger partial charge >= 0.3 is 0 Å². The largest absolute Gasteiger partial charge is 0.378 e. The second kappa shape index (κ2) is 10.8. The molecule has 1 saturated carbocycles. The summed E-state index contributed by atoms with van der Waals surface area (Å²) in [6.07, 6.45) is 6.01. The van der Waals surface area contributed by atoms with Crippen LogP contribution in [-0.2, 0) is 4.79 Å². The first kappa shape index (κ1) is 23.3.